The van der Waals surface area contributed by atoms with E-state index in [1.54, 1.807) is 13.0 Å². The first-order valence-electron chi connectivity index (χ1n) is 8.56. The van der Waals surface area contributed by atoms with Gasteiger partial charge in [-0.2, -0.15) is 18.3 Å². The molecule has 0 fully saturated rings. The summed E-state index contributed by atoms with van der Waals surface area (Å²) in [6.45, 7) is 3.69. The molecule has 0 aliphatic heterocycles. The van der Waals surface area contributed by atoms with Crippen molar-refractivity contribution in [2.45, 2.75) is 35.9 Å². The highest BCUT2D eigenvalue weighted by atomic mass is 32.2. The normalized spacial score (nSPS) is 13.6. The molecule has 0 radical (unpaired) electrons. The molecule has 2 aromatic heterocycles. The fraction of sp³-hybridized carbons (Fsp3) is 0.316. The molecule has 2 heterocycles. The van der Waals surface area contributed by atoms with Gasteiger partial charge < -0.3 is 0 Å². The number of thiophene rings is 1. The molecule has 0 amide bonds. The standard InChI is InChI=1S/C19H19F3N2O2S2/c1-4-16(13-7-5-6-12(2)10-13)28(25,26)18-9-8-15(27-18)14-11-17(19(20,21)22)24(3)23-14/h5-11,16H,4H2,1-3H3. The third-order valence-corrected chi connectivity index (χ3v) is 8.34. The van der Waals surface area contributed by atoms with E-state index >= 15 is 0 Å². The van der Waals surface area contributed by atoms with Crippen LogP contribution in [0.1, 0.15) is 35.4 Å². The molecule has 0 bridgehead atoms. The van der Waals surface area contributed by atoms with E-state index < -0.39 is 27.0 Å². The van der Waals surface area contributed by atoms with Gasteiger partial charge in [0.15, 0.2) is 9.84 Å². The topological polar surface area (TPSA) is 52.0 Å². The Morgan fingerprint density at radius 3 is 2.46 bits per heavy atom. The smallest absolute Gasteiger partial charge is 0.263 e. The third-order valence-electron chi connectivity index (χ3n) is 4.44. The number of hydrogen-bond acceptors (Lipinski definition) is 4. The number of rotatable bonds is 5. The maximum Gasteiger partial charge on any atom is 0.433 e. The van der Waals surface area contributed by atoms with Gasteiger partial charge in [-0.25, -0.2) is 8.42 Å². The zero-order valence-electron chi connectivity index (χ0n) is 15.5. The summed E-state index contributed by atoms with van der Waals surface area (Å²) < 4.78 is 66.2. The molecule has 0 N–H and O–H groups in total. The Morgan fingerprint density at radius 2 is 1.89 bits per heavy atom. The Bertz CT molecular complexity index is 1100. The first kappa shape index (κ1) is 20.6. The SMILES string of the molecule is CCC(c1cccc(C)c1)S(=O)(=O)c1ccc(-c2cc(C(F)(F)F)n(C)n2)s1. The molecular formula is C19H19F3N2O2S2. The van der Waals surface area contributed by atoms with E-state index in [0.717, 1.165) is 27.6 Å². The number of alkyl halides is 3. The average molecular weight is 429 g/mol. The Kier molecular flexibility index (Phi) is 5.42. The lowest BCUT2D eigenvalue weighted by molar-refractivity contribution is -0.143. The van der Waals surface area contributed by atoms with Gasteiger partial charge >= 0.3 is 6.18 Å². The van der Waals surface area contributed by atoms with Crippen molar-refractivity contribution >= 4 is 21.2 Å². The summed E-state index contributed by atoms with van der Waals surface area (Å²) in [4.78, 5) is 0.378. The number of hydrogen-bond donors (Lipinski definition) is 0. The molecule has 4 nitrogen and oxygen atoms in total. The predicted octanol–water partition coefficient (Wildman–Crippen LogP) is 5.40. The van der Waals surface area contributed by atoms with E-state index in [-0.39, 0.29) is 9.90 Å². The van der Waals surface area contributed by atoms with Crippen LogP contribution in [0.5, 0.6) is 0 Å². The minimum Gasteiger partial charge on any atom is -0.263 e. The first-order chi connectivity index (χ1) is 13.0. The molecule has 9 heteroatoms. The van der Waals surface area contributed by atoms with Crippen molar-refractivity contribution in [3.63, 3.8) is 0 Å². The van der Waals surface area contributed by atoms with Crippen molar-refractivity contribution in [1.29, 1.82) is 0 Å². The molecule has 0 aliphatic carbocycles. The molecule has 1 unspecified atom stereocenters. The maximum atomic E-state index is 13.2. The van der Waals surface area contributed by atoms with Crippen LogP contribution in [-0.4, -0.2) is 18.2 Å². The van der Waals surface area contributed by atoms with Crippen LogP contribution in [0.3, 0.4) is 0 Å². The van der Waals surface area contributed by atoms with Gasteiger partial charge in [0.1, 0.15) is 15.6 Å². The Morgan fingerprint density at radius 1 is 1.18 bits per heavy atom. The zero-order chi connectivity index (χ0) is 20.7. The second-order valence-electron chi connectivity index (χ2n) is 6.51. The molecule has 150 valence electrons. The van der Waals surface area contributed by atoms with Crippen molar-refractivity contribution in [2.75, 3.05) is 0 Å². The number of nitrogens with zero attached hydrogens (tertiary/aromatic N) is 2. The molecule has 0 spiro atoms. The van der Waals surface area contributed by atoms with Gasteiger partial charge in [-0.3, -0.25) is 4.68 Å². The minimum atomic E-state index is -4.52. The highest BCUT2D eigenvalue weighted by molar-refractivity contribution is 7.93. The molecule has 1 atom stereocenters. The summed E-state index contributed by atoms with van der Waals surface area (Å²) in [5.74, 6) is 0. The van der Waals surface area contributed by atoms with Crippen molar-refractivity contribution in [2.24, 2.45) is 7.05 Å². The predicted molar refractivity (Wildman–Crippen MR) is 103 cm³/mol. The van der Waals surface area contributed by atoms with Crippen LogP contribution in [0.2, 0.25) is 0 Å². The van der Waals surface area contributed by atoms with Crippen molar-refractivity contribution in [3.05, 3.63) is 59.3 Å². The monoisotopic (exact) mass is 428 g/mol. The van der Waals surface area contributed by atoms with E-state index in [0.29, 0.717) is 16.9 Å². The van der Waals surface area contributed by atoms with Crippen LogP contribution < -0.4 is 0 Å². The molecular weight excluding hydrogens is 409 g/mol. The van der Waals surface area contributed by atoms with E-state index in [4.69, 9.17) is 0 Å². The second kappa shape index (κ2) is 7.36. The molecule has 1 aromatic carbocycles. The fourth-order valence-electron chi connectivity index (χ4n) is 3.11. The number of benzene rings is 1. The summed E-state index contributed by atoms with van der Waals surface area (Å²) in [5, 5.41) is 3.18. The van der Waals surface area contributed by atoms with Gasteiger partial charge in [0.2, 0.25) is 0 Å². The number of halogens is 3. The van der Waals surface area contributed by atoms with Crippen molar-refractivity contribution in [3.8, 4) is 10.6 Å². The summed E-state index contributed by atoms with van der Waals surface area (Å²) in [5.41, 5.74) is 0.886. The number of sulfone groups is 1. The quantitative estimate of drug-likeness (QED) is 0.547. The fourth-order valence-corrected chi connectivity index (χ4v) is 6.37. The van der Waals surface area contributed by atoms with Gasteiger partial charge in [-0.15, -0.1) is 11.3 Å². The summed E-state index contributed by atoms with van der Waals surface area (Å²) in [6.07, 6.45) is -4.13. The van der Waals surface area contributed by atoms with Crippen molar-refractivity contribution in [1.82, 2.24) is 9.78 Å². The average Bonchev–Trinajstić information content (AvgIpc) is 3.21. The van der Waals surface area contributed by atoms with E-state index in [9.17, 15) is 21.6 Å². The van der Waals surface area contributed by atoms with E-state index in [1.807, 2.05) is 25.1 Å². The molecule has 0 saturated carbocycles. The summed E-state index contributed by atoms with van der Waals surface area (Å²) in [6, 6.07) is 11.2. The third kappa shape index (κ3) is 3.86. The van der Waals surface area contributed by atoms with Gasteiger partial charge in [0.25, 0.3) is 0 Å². The van der Waals surface area contributed by atoms with Crippen LogP contribution in [0.4, 0.5) is 13.2 Å². The van der Waals surface area contributed by atoms with Crippen LogP contribution in [0.15, 0.2) is 46.7 Å². The lowest BCUT2D eigenvalue weighted by Gasteiger charge is -2.15. The van der Waals surface area contributed by atoms with E-state index in [2.05, 4.69) is 5.10 Å². The lowest BCUT2D eigenvalue weighted by Crippen LogP contribution is -2.12. The minimum absolute atomic E-state index is 0.102. The first-order valence-corrected chi connectivity index (χ1v) is 10.9. The summed E-state index contributed by atoms with van der Waals surface area (Å²) >= 11 is 0.937. The Labute approximate surface area is 165 Å². The summed E-state index contributed by atoms with van der Waals surface area (Å²) in [7, 11) is -2.47. The van der Waals surface area contributed by atoms with Crippen LogP contribution in [0, 0.1) is 6.92 Å². The highest BCUT2D eigenvalue weighted by Crippen LogP contribution is 2.39. The second-order valence-corrected chi connectivity index (χ2v) is 9.95. The molecule has 28 heavy (non-hydrogen) atoms. The lowest BCUT2D eigenvalue weighted by atomic mass is 10.1. The van der Waals surface area contributed by atoms with Gasteiger partial charge in [-0.05, 0) is 37.1 Å². The molecule has 0 saturated heterocycles. The van der Waals surface area contributed by atoms with Crippen LogP contribution in [0.25, 0.3) is 10.6 Å². The molecule has 0 aliphatic rings. The number of aromatic nitrogens is 2. The van der Waals surface area contributed by atoms with Crippen LogP contribution in [-0.2, 0) is 23.1 Å². The van der Waals surface area contributed by atoms with Gasteiger partial charge in [0, 0.05) is 7.05 Å². The van der Waals surface area contributed by atoms with Gasteiger partial charge in [0.05, 0.1) is 10.1 Å². The Balaban J connectivity index is 1.99. The largest absolute Gasteiger partial charge is 0.433 e. The van der Waals surface area contributed by atoms with Crippen molar-refractivity contribution < 1.29 is 21.6 Å². The van der Waals surface area contributed by atoms with Crippen LogP contribution >= 0.6 is 11.3 Å². The van der Waals surface area contributed by atoms with Gasteiger partial charge in [-0.1, -0.05) is 36.8 Å². The molecule has 3 aromatic rings. The molecule has 3 rings (SSSR count). The zero-order valence-corrected chi connectivity index (χ0v) is 17.1. The van der Waals surface area contributed by atoms with E-state index in [1.165, 1.54) is 19.2 Å². The Hall–Kier alpha value is -2.13. The highest BCUT2D eigenvalue weighted by Gasteiger charge is 2.35. The maximum absolute atomic E-state index is 13.2. The number of aryl methyl sites for hydroxylation is 2.